The van der Waals surface area contributed by atoms with Crippen molar-refractivity contribution in [1.29, 1.82) is 0 Å². The van der Waals surface area contributed by atoms with Crippen molar-refractivity contribution < 1.29 is 14.4 Å². The SMILES string of the molecule is O=C1C[C@H](NC(=O)CCn2c(C3CC3)nc3ccccc32)C(=O)N1. The van der Waals surface area contributed by atoms with E-state index in [4.69, 9.17) is 4.98 Å². The number of rotatable bonds is 5. The smallest absolute Gasteiger partial charge is 0.249 e. The summed E-state index contributed by atoms with van der Waals surface area (Å²) < 4.78 is 2.10. The second-order valence-electron chi connectivity index (χ2n) is 6.37. The third kappa shape index (κ3) is 2.77. The van der Waals surface area contributed by atoms with E-state index in [1.165, 1.54) is 0 Å². The second-order valence-corrected chi connectivity index (χ2v) is 6.37. The van der Waals surface area contributed by atoms with Crippen molar-refractivity contribution >= 4 is 28.8 Å². The minimum atomic E-state index is -0.743. The summed E-state index contributed by atoms with van der Waals surface area (Å²) in [5.41, 5.74) is 1.97. The highest BCUT2D eigenvalue weighted by Gasteiger charge is 2.32. The van der Waals surface area contributed by atoms with Crippen LogP contribution in [0.1, 0.15) is 37.4 Å². The maximum absolute atomic E-state index is 12.1. The maximum Gasteiger partial charge on any atom is 0.249 e. The molecule has 1 saturated carbocycles. The Labute approximate surface area is 138 Å². The van der Waals surface area contributed by atoms with Crippen LogP contribution in [-0.2, 0) is 20.9 Å². The van der Waals surface area contributed by atoms with Crippen LogP contribution in [0, 0.1) is 0 Å². The van der Waals surface area contributed by atoms with E-state index in [0.717, 1.165) is 29.7 Å². The Morgan fingerprint density at radius 3 is 2.79 bits per heavy atom. The molecule has 2 aliphatic rings. The van der Waals surface area contributed by atoms with E-state index in [1.807, 2.05) is 24.3 Å². The van der Waals surface area contributed by atoms with Gasteiger partial charge in [0.25, 0.3) is 0 Å². The van der Waals surface area contributed by atoms with Gasteiger partial charge in [-0.3, -0.25) is 19.7 Å². The number of amides is 3. The Morgan fingerprint density at radius 2 is 2.08 bits per heavy atom. The summed E-state index contributed by atoms with van der Waals surface area (Å²) in [5.74, 6) is 0.517. The molecule has 2 aromatic rings. The molecule has 1 saturated heterocycles. The summed E-state index contributed by atoms with van der Waals surface area (Å²) in [6, 6.07) is 7.17. The normalized spacial score (nSPS) is 20.4. The summed E-state index contributed by atoms with van der Waals surface area (Å²) in [5, 5.41) is 4.82. The molecule has 2 heterocycles. The average Bonchev–Trinajstić information content (AvgIpc) is 3.26. The monoisotopic (exact) mass is 326 g/mol. The first-order valence-electron chi connectivity index (χ1n) is 8.20. The van der Waals surface area contributed by atoms with E-state index < -0.39 is 11.9 Å². The van der Waals surface area contributed by atoms with Crippen LogP contribution in [-0.4, -0.2) is 33.3 Å². The third-order valence-corrected chi connectivity index (χ3v) is 4.49. The largest absolute Gasteiger partial charge is 0.344 e. The molecule has 1 aliphatic heterocycles. The predicted octanol–water partition coefficient (Wildman–Crippen LogP) is 0.835. The highest BCUT2D eigenvalue weighted by Crippen LogP contribution is 2.40. The molecule has 1 atom stereocenters. The average molecular weight is 326 g/mol. The number of fused-ring (bicyclic) bond motifs is 1. The first-order chi connectivity index (χ1) is 11.6. The van der Waals surface area contributed by atoms with E-state index in [9.17, 15) is 14.4 Å². The zero-order valence-corrected chi connectivity index (χ0v) is 13.1. The lowest BCUT2D eigenvalue weighted by molar-refractivity contribution is -0.128. The molecule has 1 aromatic heterocycles. The van der Waals surface area contributed by atoms with Crippen molar-refractivity contribution in [3.8, 4) is 0 Å². The van der Waals surface area contributed by atoms with Gasteiger partial charge in [-0.2, -0.15) is 0 Å². The number of imidazole rings is 1. The van der Waals surface area contributed by atoms with Gasteiger partial charge in [0.1, 0.15) is 11.9 Å². The quantitative estimate of drug-likeness (QED) is 0.796. The molecular weight excluding hydrogens is 308 g/mol. The number of aryl methyl sites for hydroxylation is 1. The van der Waals surface area contributed by atoms with Gasteiger partial charge in [0.2, 0.25) is 17.7 Å². The van der Waals surface area contributed by atoms with Gasteiger partial charge in [0.05, 0.1) is 17.5 Å². The van der Waals surface area contributed by atoms with E-state index in [1.54, 1.807) is 0 Å². The van der Waals surface area contributed by atoms with Crippen LogP contribution >= 0.6 is 0 Å². The number of carbonyl (C=O) groups excluding carboxylic acids is 3. The Balaban J connectivity index is 1.46. The van der Waals surface area contributed by atoms with Gasteiger partial charge in [0, 0.05) is 18.9 Å². The van der Waals surface area contributed by atoms with Crippen LogP contribution in [0.3, 0.4) is 0 Å². The fourth-order valence-corrected chi connectivity index (χ4v) is 3.13. The molecule has 7 heteroatoms. The summed E-state index contributed by atoms with van der Waals surface area (Å²) in [6.45, 7) is 0.514. The Bertz CT molecular complexity index is 837. The van der Waals surface area contributed by atoms with Crippen molar-refractivity contribution in [1.82, 2.24) is 20.2 Å². The highest BCUT2D eigenvalue weighted by molar-refractivity contribution is 6.06. The van der Waals surface area contributed by atoms with Crippen molar-refractivity contribution in [2.45, 2.75) is 44.2 Å². The fourth-order valence-electron chi connectivity index (χ4n) is 3.13. The molecule has 0 bridgehead atoms. The van der Waals surface area contributed by atoms with Crippen LogP contribution in [0.5, 0.6) is 0 Å². The van der Waals surface area contributed by atoms with Gasteiger partial charge in [-0.25, -0.2) is 4.98 Å². The molecule has 2 N–H and O–H groups in total. The molecular formula is C17H18N4O3. The minimum absolute atomic E-state index is 0.0197. The lowest BCUT2D eigenvalue weighted by Gasteiger charge is -2.11. The maximum atomic E-state index is 12.1. The van der Waals surface area contributed by atoms with Crippen molar-refractivity contribution in [3.05, 3.63) is 30.1 Å². The molecule has 3 amide bonds. The van der Waals surface area contributed by atoms with Gasteiger partial charge >= 0.3 is 0 Å². The van der Waals surface area contributed by atoms with Gasteiger partial charge in [-0.05, 0) is 25.0 Å². The molecule has 24 heavy (non-hydrogen) atoms. The molecule has 1 aliphatic carbocycles. The summed E-state index contributed by atoms with van der Waals surface area (Å²) in [6.07, 6.45) is 2.55. The summed E-state index contributed by atoms with van der Waals surface area (Å²) >= 11 is 0. The Kier molecular flexibility index (Phi) is 3.55. The van der Waals surface area contributed by atoms with Crippen molar-refractivity contribution in [3.63, 3.8) is 0 Å². The minimum Gasteiger partial charge on any atom is -0.344 e. The first kappa shape index (κ1) is 14.9. The lowest BCUT2D eigenvalue weighted by atomic mass is 10.2. The molecule has 4 rings (SSSR count). The number of nitrogens with zero attached hydrogens (tertiary/aromatic N) is 2. The van der Waals surface area contributed by atoms with E-state index in [2.05, 4.69) is 15.2 Å². The van der Waals surface area contributed by atoms with Crippen LogP contribution in [0.25, 0.3) is 11.0 Å². The standard InChI is InChI=1S/C17H18N4O3/c22-14(18-12-9-15(23)20-17(12)24)7-8-21-13-4-2-1-3-11(13)19-16(21)10-5-6-10/h1-4,10,12H,5-9H2,(H,18,22)(H,20,23,24)/t12-/m0/s1. The third-order valence-electron chi connectivity index (χ3n) is 4.49. The summed E-state index contributed by atoms with van der Waals surface area (Å²) in [4.78, 5) is 39.5. The first-order valence-corrected chi connectivity index (χ1v) is 8.20. The van der Waals surface area contributed by atoms with E-state index >= 15 is 0 Å². The summed E-state index contributed by atoms with van der Waals surface area (Å²) in [7, 11) is 0. The predicted molar refractivity (Wildman–Crippen MR) is 86.0 cm³/mol. The topological polar surface area (TPSA) is 93.1 Å². The van der Waals surface area contributed by atoms with Crippen LogP contribution < -0.4 is 10.6 Å². The van der Waals surface area contributed by atoms with Crippen molar-refractivity contribution in [2.24, 2.45) is 0 Å². The van der Waals surface area contributed by atoms with Crippen LogP contribution in [0.2, 0.25) is 0 Å². The highest BCUT2D eigenvalue weighted by atomic mass is 16.2. The Morgan fingerprint density at radius 1 is 1.29 bits per heavy atom. The number of carbonyl (C=O) groups is 3. The molecule has 0 spiro atoms. The number of para-hydroxylation sites is 2. The second kappa shape index (κ2) is 5.74. The van der Waals surface area contributed by atoms with Gasteiger partial charge in [-0.1, -0.05) is 12.1 Å². The zero-order chi connectivity index (χ0) is 16.7. The van der Waals surface area contributed by atoms with Gasteiger partial charge in [-0.15, -0.1) is 0 Å². The van der Waals surface area contributed by atoms with Gasteiger partial charge < -0.3 is 9.88 Å². The zero-order valence-electron chi connectivity index (χ0n) is 13.1. The van der Waals surface area contributed by atoms with E-state index in [0.29, 0.717) is 12.5 Å². The molecule has 0 unspecified atom stereocenters. The molecule has 7 nitrogen and oxygen atoms in total. The van der Waals surface area contributed by atoms with Crippen LogP contribution in [0.4, 0.5) is 0 Å². The number of hydrogen-bond donors (Lipinski definition) is 2. The molecule has 2 fully saturated rings. The number of imide groups is 1. The fraction of sp³-hybridized carbons (Fsp3) is 0.412. The number of hydrogen-bond acceptors (Lipinski definition) is 4. The van der Waals surface area contributed by atoms with Gasteiger partial charge in [0.15, 0.2) is 0 Å². The van der Waals surface area contributed by atoms with Crippen LogP contribution in [0.15, 0.2) is 24.3 Å². The number of benzene rings is 1. The molecule has 124 valence electrons. The number of nitrogens with one attached hydrogen (secondary N) is 2. The molecule has 0 radical (unpaired) electrons. The van der Waals surface area contributed by atoms with Crippen molar-refractivity contribution in [2.75, 3.05) is 0 Å². The Hall–Kier alpha value is -2.70. The lowest BCUT2D eigenvalue weighted by Crippen LogP contribution is -2.40. The van der Waals surface area contributed by atoms with E-state index in [-0.39, 0.29) is 24.7 Å². The molecule has 1 aromatic carbocycles. The number of aromatic nitrogens is 2.